The number of nitriles is 1. The van der Waals surface area contributed by atoms with Crippen molar-refractivity contribution in [1.82, 2.24) is 0 Å². The average molecular weight is 452 g/mol. The minimum absolute atomic E-state index is 0.0410. The van der Waals surface area contributed by atoms with Gasteiger partial charge in [0.05, 0.1) is 27.0 Å². The maximum absolute atomic E-state index is 11.7. The standard InChI is InChI=1S/C25H25NO5S/c1-3-5-23-24(13-12-22(17(2)27)25(23)28)31-16-18-8-10-20(11-9-18)32(29,30)21-7-4-6-19(14-21)15-26/h4,6-14,28-30H,3,5,16H2,1-2H3. The van der Waals surface area contributed by atoms with Gasteiger partial charge in [0.2, 0.25) is 0 Å². The number of Topliss-reactive ketones (excluding diaryl/α,β-unsaturated/α-hetero) is 1. The third kappa shape index (κ3) is 4.94. The van der Waals surface area contributed by atoms with Gasteiger partial charge in [0.15, 0.2) is 5.78 Å². The topological polar surface area (TPSA) is 111 Å². The van der Waals surface area contributed by atoms with E-state index in [0.29, 0.717) is 28.2 Å². The Kier molecular flexibility index (Phi) is 7.21. The van der Waals surface area contributed by atoms with E-state index in [-0.39, 0.29) is 28.6 Å². The highest BCUT2D eigenvalue weighted by molar-refractivity contribution is 8.24. The fourth-order valence-electron chi connectivity index (χ4n) is 3.34. The lowest BCUT2D eigenvalue weighted by atomic mass is 10.0. The number of carbonyl (C=O) groups is 1. The van der Waals surface area contributed by atoms with Crippen molar-refractivity contribution in [3.8, 4) is 17.6 Å². The Labute approximate surface area is 189 Å². The van der Waals surface area contributed by atoms with E-state index in [1.54, 1.807) is 54.6 Å². The summed E-state index contributed by atoms with van der Waals surface area (Å²) in [6.07, 6.45) is 1.36. The number of nitrogens with zero attached hydrogens (tertiary/aromatic N) is 1. The van der Waals surface area contributed by atoms with Crippen LogP contribution in [0.3, 0.4) is 0 Å². The predicted molar refractivity (Wildman–Crippen MR) is 123 cm³/mol. The number of ketones is 1. The number of hydrogen-bond acceptors (Lipinski definition) is 6. The van der Waals surface area contributed by atoms with Crippen LogP contribution >= 0.6 is 10.6 Å². The molecule has 0 spiro atoms. The van der Waals surface area contributed by atoms with Crippen LogP contribution in [-0.4, -0.2) is 20.0 Å². The van der Waals surface area contributed by atoms with Gasteiger partial charge < -0.3 is 9.84 Å². The Bertz CT molecular complexity index is 1170. The highest BCUT2D eigenvalue weighted by Crippen LogP contribution is 2.55. The average Bonchev–Trinajstić information content (AvgIpc) is 2.79. The molecule has 166 valence electrons. The number of phenols is 1. The zero-order valence-corrected chi connectivity index (χ0v) is 18.7. The number of benzene rings is 3. The first-order valence-electron chi connectivity index (χ1n) is 10.1. The van der Waals surface area contributed by atoms with E-state index in [0.717, 1.165) is 12.0 Å². The normalized spacial score (nSPS) is 11.6. The summed E-state index contributed by atoms with van der Waals surface area (Å²) in [6.45, 7) is 3.60. The van der Waals surface area contributed by atoms with E-state index < -0.39 is 10.6 Å². The van der Waals surface area contributed by atoms with Crippen molar-refractivity contribution in [1.29, 1.82) is 5.26 Å². The van der Waals surface area contributed by atoms with Crippen LogP contribution < -0.4 is 4.74 Å². The van der Waals surface area contributed by atoms with Gasteiger partial charge in [0.1, 0.15) is 18.1 Å². The Hall–Kier alpha value is -3.31. The lowest BCUT2D eigenvalue weighted by molar-refractivity contribution is 0.101. The molecule has 0 radical (unpaired) electrons. The molecule has 3 N–H and O–H groups in total. The van der Waals surface area contributed by atoms with E-state index in [9.17, 15) is 19.0 Å². The number of aromatic hydroxyl groups is 1. The molecule has 3 rings (SSSR count). The fraction of sp³-hybridized carbons (Fsp3) is 0.200. The fourth-order valence-corrected chi connectivity index (χ4v) is 4.69. The van der Waals surface area contributed by atoms with Crippen LogP contribution in [0.2, 0.25) is 0 Å². The number of rotatable bonds is 8. The molecule has 3 aromatic rings. The number of carbonyl (C=O) groups excluding carboxylic acids is 1. The molecule has 7 heteroatoms. The number of phenolic OH excluding ortho intramolecular Hbond substituents is 1. The molecule has 0 saturated heterocycles. The second kappa shape index (κ2) is 9.88. The molecule has 0 amide bonds. The highest BCUT2D eigenvalue weighted by atomic mass is 32.3. The Morgan fingerprint density at radius 2 is 1.78 bits per heavy atom. The smallest absolute Gasteiger partial charge is 0.163 e. The van der Waals surface area contributed by atoms with E-state index in [1.165, 1.54) is 13.0 Å². The molecule has 0 saturated carbocycles. The lowest BCUT2D eigenvalue weighted by Gasteiger charge is -2.32. The van der Waals surface area contributed by atoms with Crippen molar-refractivity contribution in [2.75, 3.05) is 0 Å². The van der Waals surface area contributed by atoms with Crippen molar-refractivity contribution < 1.29 is 23.7 Å². The van der Waals surface area contributed by atoms with Gasteiger partial charge in [-0.15, -0.1) is 10.6 Å². The van der Waals surface area contributed by atoms with Crippen molar-refractivity contribution in [3.05, 3.63) is 82.9 Å². The summed E-state index contributed by atoms with van der Waals surface area (Å²) >= 11 is 0. The molecule has 0 fully saturated rings. The highest BCUT2D eigenvalue weighted by Gasteiger charge is 2.20. The van der Waals surface area contributed by atoms with Gasteiger partial charge in [0, 0.05) is 5.56 Å². The Morgan fingerprint density at radius 3 is 2.41 bits per heavy atom. The second-order valence-electron chi connectivity index (χ2n) is 7.37. The molecule has 0 aliphatic carbocycles. The summed E-state index contributed by atoms with van der Waals surface area (Å²) in [5, 5.41) is 19.5. The first kappa shape index (κ1) is 23.4. The minimum Gasteiger partial charge on any atom is -0.507 e. The van der Waals surface area contributed by atoms with Gasteiger partial charge in [0.25, 0.3) is 0 Å². The molecule has 32 heavy (non-hydrogen) atoms. The summed E-state index contributed by atoms with van der Waals surface area (Å²) in [4.78, 5) is 12.3. The quantitative estimate of drug-likeness (QED) is 0.353. The molecular formula is C25H25NO5S. The van der Waals surface area contributed by atoms with E-state index >= 15 is 0 Å². The van der Waals surface area contributed by atoms with Crippen molar-refractivity contribution in [3.63, 3.8) is 0 Å². The summed E-state index contributed by atoms with van der Waals surface area (Å²) in [5.41, 5.74) is 2.03. The van der Waals surface area contributed by atoms with E-state index in [1.807, 2.05) is 13.0 Å². The molecule has 0 atom stereocenters. The monoisotopic (exact) mass is 451 g/mol. The first-order valence-corrected chi connectivity index (χ1v) is 11.7. The number of ether oxygens (including phenoxy) is 1. The summed E-state index contributed by atoms with van der Waals surface area (Å²) in [5.74, 6) is 0.262. The lowest BCUT2D eigenvalue weighted by Crippen LogP contribution is -2.03. The molecule has 0 heterocycles. The molecule has 0 aliphatic rings. The third-order valence-corrected chi connectivity index (χ3v) is 6.90. The summed E-state index contributed by atoms with van der Waals surface area (Å²) in [7, 11) is -3.24. The van der Waals surface area contributed by atoms with Gasteiger partial charge >= 0.3 is 0 Å². The maximum atomic E-state index is 11.7. The second-order valence-corrected chi connectivity index (χ2v) is 9.41. The van der Waals surface area contributed by atoms with E-state index in [2.05, 4.69) is 0 Å². The Balaban J connectivity index is 1.79. The van der Waals surface area contributed by atoms with Crippen LogP contribution in [0.5, 0.6) is 11.5 Å². The number of hydrogen-bond donors (Lipinski definition) is 3. The van der Waals surface area contributed by atoms with E-state index in [4.69, 9.17) is 10.00 Å². The zero-order valence-electron chi connectivity index (χ0n) is 17.9. The first-order chi connectivity index (χ1) is 15.3. The van der Waals surface area contributed by atoms with Gasteiger partial charge in [-0.2, -0.15) is 5.26 Å². The summed E-state index contributed by atoms with van der Waals surface area (Å²) in [6, 6.07) is 18.2. The van der Waals surface area contributed by atoms with Crippen LogP contribution in [0.25, 0.3) is 0 Å². The maximum Gasteiger partial charge on any atom is 0.163 e. The van der Waals surface area contributed by atoms with Gasteiger partial charge in [-0.05, 0) is 61.4 Å². The molecule has 0 aromatic heterocycles. The SMILES string of the molecule is CCCc1c(OCc2ccc(S(O)(O)c3cccc(C#N)c3)cc2)ccc(C(C)=O)c1O. The molecule has 0 unspecified atom stereocenters. The molecule has 6 nitrogen and oxygen atoms in total. The van der Waals surface area contributed by atoms with Crippen molar-refractivity contribution in [2.24, 2.45) is 0 Å². The van der Waals surface area contributed by atoms with Crippen LogP contribution in [0.1, 0.15) is 47.3 Å². The minimum atomic E-state index is -3.24. The van der Waals surface area contributed by atoms with Crippen molar-refractivity contribution in [2.45, 2.75) is 43.1 Å². The molecule has 3 aromatic carbocycles. The van der Waals surface area contributed by atoms with Crippen LogP contribution in [0.15, 0.2) is 70.5 Å². The van der Waals surface area contributed by atoms with Gasteiger partial charge in [-0.3, -0.25) is 13.9 Å². The molecule has 0 aliphatic heterocycles. The predicted octanol–water partition coefficient (Wildman–Crippen LogP) is 6.17. The third-order valence-electron chi connectivity index (χ3n) is 5.06. The van der Waals surface area contributed by atoms with Crippen LogP contribution in [0.4, 0.5) is 0 Å². The van der Waals surface area contributed by atoms with Crippen LogP contribution in [0, 0.1) is 11.3 Å². The largest absolute Gasteiger partial charge is 0.507 e. The molecule has 0 bridgehead atoms. The van der Waals surface area contributed by atoms with Gasteiger partial charge in [-0.1, -0.05) is 31.5 Å². The Morgan fingerprint density at radius 1 is 1.06 bits per heavy atom. The summed E-state index contributed by atoms with van der Waals surface area (Å²) < 4.78 is 27.3. The van der Waals surface area contributed by atoms with Gasteiger partial charge in [-0.25, -0.2) is 0 Å². The molecular weight excluding hydrogens is 426 g/mol. The van der Waals surface area contributed by atoms with Crippen molar-refractivity contribution >= 4 is 16.4 Å². The zero-order chi connectivity index (χ0) is 23.3. The van der Waals surface area contributed by atoms with Crippen LogP contribution in [-0.2, 0) is 13.0 Å².